The van der Waals surface area contributed by atoms with Crippen LogP contribution in [-0.4, -0.2) is 12.8 Å². The van der Waals surface area contributed by atoms with Crippen LogP contribution in [0.3, 0.4) is 0 Å². The summed E-state index contributed by atoms with van der Waals surface area (Å²) in [5.41, 5.74) is 0. The van der Waals surface area contributed by atoms with Crippen molar-refractivity contribution >= 4 is 19.8 Å². The molecule has 16 heavy (non-hydrogen) atoms. The first-order valence-electron chi connectivity index (χ1n) is 7.37. The SMILES string of the molecule is CC(C)I1CCC(C2CCCCCC2)CC1. The van der Waals surface area contributed by atoms with Gasteiger partial charge in [0.05, 0.1) is 0 Å². The average molecular weight is 336 g/mol. The Morgan fingerprint density at radius 2 is 1.25 bits per heavy atom. The summed E-state index contributed by atoms with van der Waals surface area (Å²) in [6.07, 6.45) is 12.5. The fraction of sp³-hybridized carbons (Fsp3) is 1.00. The standard InChI is InChI=1S/C15H29I/c1-13(2)16-11-9-15(10-12-16)14-7-5-3-4-6-8-14/h13-15H,3-12H2,1-2H3. The third-order valence-electron chi connectivity index (χ3n) is 4.63. The van der Waals surface area contributed by atoms with Crippen LogP contribution in [0.15, 0.2) is 0 Å². The molecule has 0 unspecified atom stereocenters. The molecule has 2 fully saturated rings. The zero-order valence-corrected chi connectivity index (χ0v) is 13.3. The Kier molecular flexibility index (Phi) is 5.44. The van der Waals surface area contributed by atoms with E-state index in [-0.39, 0.29) is 0 Å². The van der Waals surface area contributed by atoms with Gasteiger partial charge in [-0.3, -0.25) is 0 Å². The molecule has 0 bridgehead atoms. The molecule has 0 atom stereocenters. The van der Waals surface area contributed by atoms with Crippen molar-refractivity contribution in [1.82, 2.24) is 0 Å². The van der Waals surface area contributed by atoms with Crippen molar-refractivity contribution in [2.24, 2.45) is 11.8 Å². The van der Waals surface area contributed by atoms with Gasteiger partial charge in [0.25, 0.3) is 0 Å². The molecule has 2 rings (SSSR count). The molecule has 1 aliphatic heterocycles. The summed E-state index contributed by atoms with van der Waals surface area (Å²) in [4.78, 5) is 0. The van der Waals surface area contributed by atoms with Crippen LogP contribution in [0, 0.1) is 11.8 Å². The summed E-state index contributed by atoms with van der Waals surface area (Å²) >= 11 is -0.476. The molecule has 2 aliphatic rings. The molecule has 0 amide bonds. The van der Waals surface area contributed by atoms with Crippen molar-refractivity contribution in [3.8, 4) is 0 Å². The molecule has 0 aromatic heterocycles. The van der Waals surface area contributed by atoms with Gasteiger partial charge in [0.1, 0.15) is 0 Å². The molecule has 0 N–H and O–H groups in total. The minimum absolute atomic E-state index is 0.476. The van der Waals surface area contributed by atoms with Crippen molar-refractivity contribution in [3.05, 3.63) is 0 Å². The van der Waals surface area contributed by atoms with Gasteiger partial charge in [0, 0.05) is 0 Å². The van der Waals surface area contributed by atoms with E-state index in [4.69, 9.17) is 0 Å². The molecule has 1 heteroatoms. The zero-order valence-electron chi connectivity index (χ0n) is 11.2. The third kappa shape index (κ3) is 3.61. The predicted octanol–water partition coefficient (Wildman–Crippen LogP) is 5.28. The van der Waals surface area contributed by atoms with Gasteiger partial charge in [0.2, 0.25) is 0 Å². The molecule has 0 aromatic rings. The Morgan fingerprint density at radius 1 is 0.750 bits per heavy atom. The summed E-state index contributed by atoms with van der Waals surface area (Å²) in [6.45, 7) is 4.97. The summed E-state index contributed by atoms with van der Waals surface area (Å²) in [5.74, 6) is 2.28. The van der Waals surface area contributed by atoms with E-state index in [2.05, 4.69) is 13.8 Å². The number of alkyl halides is 3. The second-order valence-corrected chi connectivity index (χ2v) is 13.5. The van der Waals surface area contributed by atoms with Gasteiger partial charge in [-0.1, -0.05) is 0 Å². The molecule has 1 saturated carbocycles. The van der Waals surface area contributed by atoms with Crippen LogP contribution in [0.5, 0.6) is 0 Å². The van der Waals surface area contributed by atoms with Gasteiger partial charge in [-0.05, 0) is 0 Å². The fourth-order valence-electron chi connectivity index (χ4n) is 3.49. The van der Waals surface area contributed by atoms with Crippen molar-refractivity contribution in [2.75, 3.05) is 8.86 Å². The second kappa shape index (κ2) is 6.61. The summed E-state index contributed by atoms with van der Waals surface area (Å²) < 4.78 is 4.45. The Balaban J connectivity index is 1.78. The summed E-state index contributed by atoms with van der Waals surface area (Å²) in [7, 11) is 0. The fourth-order valence-corrected chi connectivity index (χ4v) is 9.72. The van der Waals surface area contributed by atoms with Gasteiger partial charge in [-0.2, -0.15) is 0 Å². The first-order valence-corrected chi connectivity index (χ1v) is 11.7. The maximum atomic E-state index is 2.48. The van der Waals surface area contributed by atoms with Gasteiger partial charge in [0.15, 0.2) is 0 Å². The van der Waals surface area contributed by atoms with E-state index in [9.17, 15) is 0 Å². The van der Waals surface area contributed by atoms with Crippen LogP contribution >= 0.6 is 19.8 Å². The van der Waals surface area contributed by atoms with E-state index in [1.165, 1.54) is 25.7 Å². The molecule has 96 valence electrons. The number of rotatable bonds is 2. The normalized spacial score (nSPS) is 28.3. The van der Waals surface area contributed by atoms with Crippen molar-refractivity contribution in [2.45, 2.75) is 69.1 Å². The Hall–Kier alpha value is 0.730. The molecule has 0 radical (unpaired) electrons. The van der Waals surface area contributed by atoms with E-state index in [0.717, 1.165) is 15.8 Å². The van der Waals surface area contributed by atoms with Crippen LogP contribution in [0.2, 0.25) is 0 Å². The van der Waals surface area contributed by atoms with Gasteiger partial charge >= 0.3 is 110 Å². The quantitative estimate of drug-likeness (QED) is 0.365. The zero-order chi connectivity index (χ0) is 11.4. The monoisotopic (exact) mass is 336 g/mol. The van der Waals surface area contributed by atoms with Crippen LogP contribution in [0.4, 0.5) is 0 Å². The number of halogens is 1. The third-order valence-corrected chi connectivity index (χ3v) is 12.2. The average Bonchev–Trinajstić information content (AvgIpc) is 2.57. The molecule has 0 aromatic carbocycles. The molecule has 0 spiro atoms. The summed E-state index contributed by atoms with van der Waals surface area (Å²) in [6, 6.07) is 0. The molecule has 1 saturated heterocycles. The van der Waals surface area contributed by atoms with E-state index >= 15 is 0 Å². The second-order valence-electron chi connectivity index (χ2n) is 5.98. The van der Waals surface area contributed by atoms with Crippen LogP contribution in [0.1, 0.15) is 65.2 Å². The van der Waals surface area contributed by atoms with Crippen molar-refractivity contribution in [1.29, 1.82) is 0 Å². The van der Waals surface area contributed by atoms with Crippen molar-refractivity contribution in [3.63, 3.8) is 0 Å². The van der Waals surface area contributed by atoms with Gasteiger partial charge < -0.3 is 0 Å². The Bertz CT molecular complexity index is 184. The van der Waals surface area contributed by atoms with Crippen molar-refractivity contribution < 1.29 is 0 Å². The predicted molar refractivity (Wildman–Crippen MR) is 82.8 cm³/mol. The summed E-state index contributed by atoms with van der Waals surface area (Å²) in [5, 5.41) is 0. The van der Waals surface area contributed by atoms with Crippen LogP contribution in [0.25, 0.3) is 0 Å². The van der Waals surface area contributed by atoms with E-state index in [1.807, 2.05) is 0 Å². The molecule has 0 nitrogen and oxygen atoms in total. The maximum absolute atomic E-state index is 2.48. The van der Waals surface area contributed by atoms with Crippen LogP contribution in [-0.2, 0) is 0 Å². The topological polar surface area (TPSA) is 0 Å². The Labute approximate surface area is 109 Å². The van der Waals surface area contributed by atoms with Gasteiger partial charge in [-0.25, -0.2) is 0 Å². The number of hydrogen-bond acceptors (Lipinski definition) is 0. The van der Waals surface area contributed by atoms with Gasteiger partial charge in [-0.15, -0.1) is 0 Å². The number of hydrogen-bond donors (Lipinski definition) is 0. The molecular formula is C15H29I. The van der Waals surface area contributed by atoms with E-state index in [0.29, 0.717) is 0 Å². The minimum atomic E-state index is -0.476. The molecule has 1 heterocycles. The molecular weight excluding hydrogens is 307 g/mol. The van der Waals surface area contributed by atoms with E-state index in [1.54, 1.807) is 34.5 Å². The Morgan fingerprint density at radius 3 is 1.75 bits per heavy atom. The van der Waals surface area contributed by atoms with Crippen LogP contribution < -0.4 is 0 Å². The first-order chi connectivity index (χ1) is 7.77. The van der Waals surface area contributed by atoms with E-state index < -0.39 is 19.8 Å². The molecule has 1 aliphatic carbocycles. The first kappa shape index (κ1) is 13.2.